The fourth-order valence-electron chi connectivity index (χ4n) is 1.45. The highest BCUT2D eigenvalue weighted by Crippen LogP contribution is 2.28. The molecular weight excluding hydrogens is 216 g/mol. The van der Waals surface area contributed by atoms with Gasteiger partial charge in [-0.15, -0.1) is 0 Å². The van der Waals surface area contributed by atoms with E-state index in [0.717, 1.165) is 0 Å². The molecule has 0 bridgehead atoms. The Kier molecular flexibility index (Phi) is 2.88. The summed E-state index contributed by atoms with van der Waals surface area (Å²) in [6, 6.07) is 8.72. The minimum Gasteiger partial charge on any atom is -0.496 e. The van der Waals surface area contributed by atoms with Crippen LogP contribution in [0.5, 0.6) is 5.75 Å². The summed E-state index contributed by atoms with van der Waals surface area (Å²) in [7, 11) is 1.55. The minimum absolute atomic E-state index is 0.374. The number of anilines is 1. The molecule has 0 unspecified atom stereocenters. The molecule has 0 saturated heterocycles. The van der Waals surface area contributed by atoms with E-state index in [-0.39, 0.29) is 0 Å². The highest BCUT2D eigenvalue weighted by molar-refractivity contribution is 5.67. The van der Waals surface area contributed by atoms with Gasteiger partial charge in [-0.3, -0.25) is 0 Å². The van der Waals surface area contributed by atoms with Crippen LogP contribution in [0, 0.1) is 11.3 Å². The third-order valence-corrected chi connectivity index (χ3v) is 2.25. The molecule has 0 amide bonds. The van der Waals surface area contributed by atoms with E-state index >= 15 is 0 Å². The number of aromatic nitrogens is 2. The van der Waals surface area contributed by atoms with E-state index in [1.807, 2.05) is 0 Å². The smallest absolute Gasteiger partial charge is 0.165 e. The molecule has 1 aromatic carbocycles. The molecule has 0 saturated carbocycles. The molecule has 2 rings (SSSR count). The Hall–Kier alpha value is -2.61. The Morgan fingerprint density at radius 3 is 2.82 bits per heavy atom. The van der Waals surface area contributed by atoms with Crippen molar-refractivity contribution in [2.75, 3.05) is 12.8 Å². The van der Waals surface area contributed by atoms with Gasteiger partial charge in [0.15, 0.2) is 5.82 Å². The van der Waals surface area contributed by atoms with Gasteiger partial charge in [0, 0.05) is 6.20 Å². The average molecular weight is 226 g/mol. The molecule has 0 aliphatic carbocycles. The van der Waals surface area contributed by atoms with Crippen molar-refractivity contribution in [1.82, 2.24) is 9.97 Å². The fraction of sp³-hybridized carbons (Fsp3) is 0.0833. The summed E-state index contributed by atoms with van der Waals surface area (Å²) in [4.78, 5) is 8.22. The highest BCUT2D eigenvalue weighted by atomic mass is 16.5. The van der Waals surface area contributed by atoms with Crippen molar-refractivity contribution < 1.29 is 4.74 Å². The van der Waals surface area contributed by atoms with E-state index in [0.29, 0.717) is 28.5 Å². The summed E-state index contributed by atoms with van der Waals surface area (Å²) in [6.45, 7) is 0. The number of nitrogens with zero attached hydrogens (tertiary/aromatic N) is 3. The molecular formula is C12H10N4O. The van der Waals surface area contributed by atoms with Crippen LogP contribution in [0.4, 0.5) is 5.82 Å². The van der Waals surface area contributed by atoms with E-state index in [4.69, 9.17) is 15.7 Å². The monoisotopic (exact) mass is 226 g/mol. The van der Waals surface area contributed by atoms with Gasteiger partial charge in [-0.1, -0.05) is 0 Å². The predicted octanol–water partition coefficient (Wildman–Crippen LogP) is 1.61. The first-order chi connectivity index (χ1) is 8.24. The van der Waals surface area contributed by atoms with Crippen molar-refractivity contribution in [1.29, 1.82) is 5.26 Å². The maximum absolute atomic E-state index is 8.87. The van der Waals surface area contributed by atoms with Crippen molar-refractivity contribution in [3.63, 3.8) is 0 Å². The van der Waals surface area contributed by atoms with E-state index < -0.39 is 0 Å². The zero-order valence-electron chi connectivity index (χ0n) is 9.21. The standard InChI is InChI=1S/C12H10N4O/c1-17-10-3-2-8(7-13)6-9(10)12-15-5-4-11(14)16-12/h2-6H,1H3,(H2,14,15,16). The molecule has 5 nitrogen and oxygen atoms in total. The second-order valence-corrected chi connectivity index (χ2v) is 3.33. The lowest BCUT2D eigenvalue weighted by Crippen LogP contribution is -1.97. The van der Waals surface area contributed by atoms with Crippen LogP contribution in [0.3, 0.4) is 0 Å². The number of nitriles is 1. The quantitative estimate of drug-likeness (QED) is 0.840. The molecule has 0 radical (unpaired) electrons. The number of rotatable bonds is 2. The Labute approximate surface area is 98.5 Å². The second kappa shape index (κ2) is 4.49. The first-order valence-corrected chi connectivity index (χ1v) is 4.91. The number of nitrogen functional groups attached to an aromatic ring is 1. The first-order valence-electron chi connectivity index (χ1n) is 4.91. The number of nitrogens with two attached hydrogens (primary N) is 1. The maximum Gasteiger partial charge on any atom is 0.165 e. The third kappa shape index (κ3) is 2.16. The number of ether oxygens (including phenoxy) is 1. The summed E-state index contributed by atoms with van der Waals surface area (Å²) in [5.74, 6) is 1.42. The molecule has 1 heterocycles. The van der Waals surface area contributed by atoms with Crippen LogP contribution >= 0.6 is 0 Å². The predicted molar refractivity (Wildman–Crippen MR) is 63.1 cm³/mol. The van der Waals surface area contributed by atoms with Crippen LogP contribution in [0.1, 0.15) is 5.56 Å². The van der Waals surface area contributed by atoms with Gasteiger partial charge in [-0.05, 0) is 24.3 Å². The lowest BCUT2D eigenvalue weighted by atomic mass is 10.1. The number of hydrogen-bond donors (Lipinski definition) is 1. The number of methoxy groups -OCH3 is 1. The summed E-state index contributed by atoms with van der Waals surface area (Å²) in [6.07, 6.45) is 1.57. The van der Waals surface area contributed by atoms with Crippen molar-refractivity contribution in [3.8, 4) is 23.2 Å². The summed E-state index contributed by atoms with van der Waals surface area (Å²) < 4.78 is 5.21. The van der Waals surface area contributed by atoms with Gasteiger partial charge in [-0.25, -0.2) is 9.97 Å². The SMILES string of the molecule is COc1ccc(C#N)cc1-c1nccc(N)n1. The van der Waals surface area contributed by atoms with Gasteiger partial charge in [0.2, 0.25) is 0 Å². The molecule has 0 fully saturated rings. The Morgan fingerprint density at radius 2 is 2.18 bits per heavy atom. The van der Waals surface area contributed by atoms with Crippen LogP contribution in [-0.2, 0) is 0 Å². The molecule has 0 spiro atoms. The van der Waals surface area contributed by atoms with E-state index in [2.05, 4.69) is 16.0 Å². The van der Waals surface area contributed by atoms with Crippen LogP contribution in [0.2, 0.25) is 0 Å². The van der Waals surface area contributed by atoms with Crippen LogP contribution in [0.25, 0.3) is 11.4 Å². The molecule has 2 aromatic rings. The second-order valence-electron chi connectivity index (χ2n) is 3.33. The molecule has 5 heteroatoms. The topological polar surface area (TPSA) is 84.8 Å². The van der Waals surface area contributed by atoms with Gasteiger partial charge in [0.25, 0.3) is 0 Å². The zero-order valence-corrected chi connectivity index (χ0v) is 9.21. The Morgan fingerprint density at radius 1 is 1.35 bits per heavy atom. The Bertz CT molecular complexity index is 589. The Balaban J connectivity index is 2.61. The lowest BCUT2D eigenvalue weighted by Gasteiger charge is -2.07. The van der Waals surface area contributed by atoms with E-state index in [1.165, 1.54) is 0 Å². The normalized spacial score (nSPS) is 9.65. The largest absolute Gasteiger partial charge is 0.496 e. The van der Waals surface area contributed by atoms with Crippen molar-refractivity contribution in [2.45, 2.75) is 0 Å². The van der Waals surface area contributed by atoms with Crippen molar-refractivity contribution in [3.05, 3.63) is 36.0 Å². The minimum atomic E-state index is 0.374. The van der Waals surface area contributed by atoms with Gasteiger partial charge >= 0.3 is 0 Å². The van der Waals surface area contributed by atoms with Gasteiger partial charge in [-0.2, -0.15) is 5.26 Å². The van der Waals surface area contributed by atoms with Gasteiger partial charge < -0.3 is 10.5 Å². The lowest BCUT2D eigenvalue weighted by molar-refractivity contribution is 0.416. The summed E-state index contributed by atoms with van der Waals surface area (Å²) in [5.41, 5.74) is 6.77. The highest BCUT2D eigenvalue weighted by Gasteiger charge is 2.09. The van der Waals surface area contributed by atoms with Gasteiger partial charge in [0.05, 0.1) is 24.3 Å². The molecule has 84 valence electrons. The molecule has 1 aromatic heterocycles. The molecule has 0 aliphatic heterocycles. The number of benzene rings is 1. The van der Waals surface area contributed by atoms with Crippen molar-refractivity contribution >= 4 is 5.82 Å². The molecule has 0 atom stereocenters. The molecule has 0 aliphatic rings. The van der Waals surface area contributed by atoms with Gasteiger partial charge in [0.1, 0.15) is 11.6 Å². The average Bonchev–Trinajstić information content (AvgIpc) is 2.38. The van der Waals surface area contributed by atoms with E-state index in [9.17, 15) is 0 Å². The summed E-state index contributed by atoms with van der Waals surface area (Å²) >= 11 is 0. The van der Waals surface area contributed by atoms with Crippen LogP contribution < -0.4 is 10.5 Å². The number of hydrogen-bond acceptors (Lipinski definition) is 5. The van der Waals surface area contributed by atoms with Crippen LogP contribution in [-0.4, -0.2) is 17.1 Å². The van der Waals surface area contributed by atoms with Crippen molar-refractivity contribution in [2.24, 2.45) is 0 Å². The van der Waals surface area contributed by atoms with E-state index in [1.54, 1.807) is 37.6 Å². The van der Waals surface area contributed by atoms with Crippen LogP contribution in [0.15, 0.2) is 30.5 Å². The fourth-order valence-corrected chi connectivity index (χ4v) is 1.45. The zero-order chi connectivity index (χ0) is 12.3. The third-order valence-electron chi connectivity index (χ3n) is 2.25. The maximum atomic E-state index is 8.87. The molecule has 17 heavy (non-hydrogen) atoms. The first kappa shape index (κ1) is 10.9. The summed E-state index contributed by atoms with van der Waals surface area (Å²) in [5, 5.41) is 8.87. The molecule has 2 N–H and O–H groups in total.